The highest BCUT2D eigenvalue weighted by atomic mass is 32.2. The fraction of sp³-hybridized carbons (Fsp3) is 0.500. The summed E-state index contributed by atoms with van der Waals surface area (Å²) in [6, 6.07) is 0. The van der Waals surface area contributed by atoms with Gasteiger partial charge in [0, 0.05) is 18.9 Å². The van der Waals surface area contributed by atoms with Gasteiger partial charge in [0.15, 0.2) is 5.65 Å². The van der Waals surface area contributed by atoms with Crippen LogP contribution >= 0.6 is 0 Å². The van der Waals surface area contributed by atoms with Gasteiger partial charge in [-0.25, -0.2) is 17.7 Å². The molecule has 0 spiro atoms. The molecule has 0 amide bonds. The predicted molar refractivity (Wildman–Crippen MR) is 65.5 cm³/mol. The number of nitrogens with one attached hydrogen (secondary N) is 1. The highest BCUT2D eigenvalue weighted by Gasteiger charge is 2.19. The Morgan fingerprint density at radius 1 is 1.39 bits per heavy atom. The summed E-state index contributed by atoms with van der Waals surface area (Å²) in [6.07, 6.45) is 7.38. The van der Waals surface area contributed by atoms with Gasteiger partial charge in [-0.3, -0.25) is 4.98 Å². The third-order valence-corrected chi connectivity index (χ3v) is 3.67. The van der Waals surface area contributed by atoms with E-state index >= 15 is 0 Å². The van der Waals surface area contributed by atoms with Gasteiger partial charge in [0.2, 0.25) is 0 Å². The molecule has 2 heterocycles. The largest absolute Gasteiger partial charge is 0.283 e. The lowest BCUT2D eigenvalue weighted by atomic mass is 10.3. The molecule has 7 nitrogen and oxygen atoms in total. The molecule has 98 valence electrons. The van der Waals surface area contributed by atoms with Crippen LogP contribution in [0.25, 0.3) is 5.65 Å². The van der Waals surface area contributed by atoms with Gasteiger partial charge in [0.05, 0.1) is 6.20 Å². The third kappa shape index (κ3) is 2.82. The molecule has 0 aliphatic carbocycles. The second kappa shape index (κ2) is 5.40. The number of hydrogen-bond acceptors (Lipinski definition) is 5. The molecule has 0 atom stereocenters. The molecule has 0 unspecified atom stereocenters. The second-order valence-electron chi connectivity index (χ2n) is 3.88. The summed E-state index contributed by atoms with van der Waals surface area (Å²) in [4.78, 5) is 7.78. The highest BCUT2D eigenvalue weighted by Crippen LogP contribution is 2.05. The molecule has 2 aromatic rings. The molecule has 0 saturated carbocycles. The van der Waals surface area contributed by atoms with Crippen molar-refractivity contribution in [2.75, 3.05) is 6.54 Å². The van der Waals surface area contributed by atoms with E-state index in [1.165, 1.54) is 16.9 Å². The van der Waals surface area contributed by atoms with Gasteiger partial charge in [-0.05, 0) is 6.42 Å². The fourth-order valence-electron chi connectivity index (χ4n) is 1.48. The van der Waals surface area contributed by atoms with Crippen LogP contribution in [0.2, 0.25) is 0 Å². The number of fused-ring (bicyclic) bond motifs is 1. The standard InChI is InChI=1S/C10H15N5O2S/c1-2-3-4-5-12-18(16,17)10-13-9-8-11-6-7-15(9)14-10/h6-8,12H,2-5H2,1H3. The van der Waals surface area contributed by atoms with Crippen molar-refractivity contribution in [1.82, 2.24) is 24.3 Å². The summed E-state index contributed by atoms with van der Waals surface area (Å²) < 4.78 is 27.7. The van der Waals surface area contributed by atoms with Gasteiger partial charge < -0.3 is 0 Å². The maximum atomic E-state index is 11.9. The Kier molecular flexibility index (Phi) is 3.87. The fourth-order valence-corrected chi connectivity index (χ4v) is 2.44. The quantitative estimate of drug-likeness (QED) is 0.775. The third-order valence-electron chi connectivity index (χ3n) is 2.43. The molecule has 0 aliphatic heterocycles. The molecular formula is C10H15N5O2S. The number of unbranched alkanes of at least 4 members (excludes halogenated alkanes) is 2. The molecule has 1 N–H and O–H groups in total. The Bertz CT molecular complexity index is 589. The molecule has 0 bridgehead atoms. The molecule has 0 aliphatic rings. The molecule has 0 aromatic carbocycles. The van der Waals surface area contributed by atoms with Gasteiger partial charge >= 0.3 is 0 Å². The molecule has 2 aromatic heterocycles. The minimum Gasteiger partial charge on any atom is -0.259 e. The van der Waals surface area contributed by atoms with Crippen molar-refractivity contribution < 1.29 is 8.42 Å². The minimum atomic E-state index is -3.62. The molecule has 18 heavy (non-hydrogen) atoms. The summed E-state index contributed by atoms with van der Waals surface area (Å²) >= 11 is 0. The van der Waals surface area contributed by atoms with Crippen molar-refractivity contribution in [3.05, 3.63) is 18.6 Å². The van der Waals surface area contributed by atoms with E-state index in [-0.39, 0.29) is 5.16 Å². The van der Waals surface area contributed by atoms with Crippen molar-refractivity contribution in [3.8, 4) is 0 Å². The monoisotopic (exact) mass is 269 g/mol. The lowest BCUT2D eigenvalue weighted by Gasteiger charge is -2.01. The summed E-state index contributed by atoms with van der Waals surface area (Å²) in [6.45, 7) is 2.47. The van der Waals surface area contributed by atoms with Gasteiger partial charge in [-0.1, -0.05) is 19.8 Å². The van der Waals surface area contributed by atoms with E-state index in [2.05, 4.69) is 26.7 Å². The first kappa shape index (κ1) is 12.9. The summed E-state index contributed by atoms with van der Waals surface area (Å²) in [7, 11) is -3.62. The summed E-state index contributed by atoms with van der Waals surface area (Å²) in [5.41, 5.74) is 0.409. The second-order valence-corrected chi connectivity index (χ2v) is 5.54. The predicted octanol–water partition coefficient (Wildman–Crippen LogP) is 0.593. The van der Waals surface area contributed by atoms with Gasteiger partial charge in [0.25, 0.3) is 15.2 Å². The Labute approximate surface area is 105 Å². The van der Waals surface area contributed by atoms with Crippen LogP contribution < -0.4 is 4.72 Å². The van der Waals surface area contributed by atoms with Crippen LogP contribution in [0.3, 0.4) is 0 Å². The van der Waals surface area contributed by atoms with Crippen LogP contribution in [0.5, 0.6) is 0 Å². The van der Waals surface area contributed by atoms with E-state index < -0.39 is 10.0 Å². The first-order valence-electron chi connectivity index (χ1n) is 5.79. The highest BCUT2D eigenvalue weighted by molar-refractivity contribution is 7.89. The molecule has 0 saturated heterocycles. The maximum absolute atomic E-state index is 11.9. The lowest BCUT2D eigenvalue weighted by Crippen LogP contribution is -2.25. The first-order valence-corrected chi connectivity index (χ1v) is 7.28. The number of rotatable bonds is 6. The average Bonchev–Trinajstić information content (AvgIpc) is 2.79. The minimum absolute atomic E-state index is 0.216. The van der Waals surface area contributed by atoms with E-state index in [0.717, 1.165) is 19.3 Å². The Hall–Kier alpha value is -1.54. The van der Waals surface area contributed by atoms with Crippen LogP contribution in [-0.4, -0.2) is 34.5 Å². The summed E-state index contributed by atoms with van der Waals surface area (Å²) in [5, 5.41) is 3.68. The topological polar surface area (TPSA) is 89.2 Å². The number of aromatic nitrogens is 4. The SMILES string of the molecule is CCCCCNS(=O)(=O)c1nc2cnccn2n1. The van der Waals surface area contributed by atoms with Crippen molar-refractivity contribution in [2.45, 2.75) is 31.3 Å². The van der Waals surface area contributed by atoms with E-state index in [1.807, 2.05) is 0 Å². The van der Waals surface area contributed by atoms with Crippen LogP contribution in [0.4, 0.5) is 0 Å². The van der Waals surface area contributed by atoms with Crippen molar-refractivity contribution in [1.29, 1.82) is 0 Å². The Balaban J connectivity index is 2.14. The zero-order valence-electron chi connectivity index (χ0n) is 10.1. The van der Waals surface area contributed by atoms with E-state index in [0.29, 0.717) is 12.2 Å². The zero-order valence-corrected chi connectivity index (χ0v) is 10.9. The van der Waals surface area contributed by atoms with Crippen molar-refractivity contribution in [2.24, 2.45) is 0 Å². The number of sulfonamides is 1. The van der Waals surface area contributed by atoms with E-state index in [9.17, 15) is 8.42 Å². The molecule has 0 fully saturated rings. The normalized spacial score (nSPS) is 12.1. The van der Waals surface area contributed by atoms with Crippen LogP contribution in [0.15, 0.2) is 23.7 Å². The van der Waals surface area contributed by atoms with Crippen molar-refractivity contribution >= 4 is 15.7 Å². The van der Waals surface area contributed by atoms with Gasteiger partial charge in [-0.2, -0.15) is 4.98 Å². The molecule has 8 heteroatoms. The Morgan fingerprint density at radius 2 is 2.22 bits per heavy atom. The van der Waals surface area contributed by atoms with E-state index in [1.54, 1.807) is 6.20 Å². The molecule has 0 radical (unpaired) electrons. The smallest absolute Gasteiger partial charge is 0.259 e. The van der Waals surface area contributed by atoms with Crippen molar-refractivity contribution in [3.63, 3.8) is 0 Å². The number of nitrogens with zero attached hydrogens (tertiary/aromatic N) is 4. The van der Waals surface area contributed by atoms with Crippen LogP contribution in [-0.2, 0) is 10.0 Å². The van der Waals surface area contributed by atoms with Gasteiger partial charge in [0.1, 0.15) is 0 Å². The van der Waals surface area contributed by atoms with E-state index in [4.69, 9.17) is 0 Å². The molecule has 2 rings (SSSR count). The van der Waals surface area contributed by atoms with Crippen LogP contribution in [0, 0.1) is 0 Å². The van der Waals surface area contributed by atoms with Gasteiger partial charge in [-0.15, -0.1) is 5.10 Å². The lowest BCUT2D eigenvalue weighted by molar-refractivity contribution is 0.567. The zero-order chi connectivity index (χ0) is 13.0. The first-order chi connectivity index (χ1) is 8.63. The number of hydrogen-bond donors (Lipinski definition) is 1. The maximum Gasteiger partial charge on any atom is 0.283 e. The van der Waals surface area contributed by atoms with Crippen LogP contribution in [0.1, 0.15) is 26.2 Å². The summed E-state index contributed by atoms with van der Waals surface area (Å²) in [5.74, 6) is 0. The Morgan fingerprint density at radius 3 is 2.94 bits per heavy atom. The molecular weight excluding hydrogens is 254 g/mol. The average molecular weight is 269 g/mol.